The summed E-state index contributed by atoms with van der Waals surface area (Å²) in [7, 11) is 0. The molecule has 5 fully saturated rings. The minimum Gasteiger partial charge on any atom is -0.0996 e. The highest BCUT2D eigenvalue weighted by molar-refractivity contribution is 5.09. The molecule has 5 rings (SSSR count). The molecule has 0 heterocycles. The van der Waals surface area contributed by atoms with Crippen molar-refractivity contribution >= 4 is 0 Å². The van der Waals surface area contributed by atoms with Gasteiger partial charge in [-0.25, -0.2) is 0 Å². The van der Waals surface area contributed by atoms with E-state index in [0.29, 0.717) is 0 Å². The van der Waals surface area contributed by atoms with Gasteiger partial charge in [0.15, 0.2) is 0 Å². The Balaban J connectivity index is 1.39. The SMILES string of the molecule is C=C1CCCC2CCC3CC4CCC4C4CCCC34CCCCC12. The van der Waals surface area contributed by atoms with Gasteiger partial charge in [0.2, 0.25) is 0 Å². The molecule has 0 N–H and O–H groups in total. The summed E-state index contributed by atoms with van der Waals surface area (Å²) in [5.74, 6) is 6.44. The Hall–Kier alpha value is -0.260. The van der Waals surface area contributed by atoms with E-state index in [9.17, 15) is 0 Å². The van der Waals surface area contributed by atoms with Gasteiger partial charge in [0.25, 0.3) is 0 Å². The summed E-state index contributed by atoms with van der Waals surface area (Å²) < 4.78 is 0. The maximum absolute atomic E-state index is 4.49. The lowest BCUT2D eigenvalue weighted by molar-refractivity contribution is -0.0893. The molecule has 0 aromatic rings. The highest BCUT2D eigenvalue weighted by Crippen LogP contribution is 2.67. The highest BCUT2D eigenvalue weighted by atomic mass is 14.6. The summed E-state index contributed by atoms with van der Waals surface area (Å²) in [6, 6.07) is 0. The molecule has 0 aliphatic heterocycles. The van der Waals surface area contributed by atoms with Gasteiger partial charge < -0.3 is 0 Å². The second-order valence-electron chi connectivity index (χ2n) is 10.4. The van der Waals surface area contributed by atoms with Gasteiger partial charge in [-0.3, -0.25) is 0 Å². The Morgan fingerprint density at radius 3 is 2.50 bits per heavy atom. The molecule has 5 aliphatic carbocycles. The zero-order valence-corrected chi connectivity index (χ0v) is 15.8. The summed E-state index contributed by atoms with van der Waals surface area (Å²) in [4.78, 5) is 0. The van der Waals surface area contributed by atoms with E-state index in [1.807, 2.05) is 0 Å². The van der Waals surface area contributed by atoms with Crippen molar-refractivity contribution in [1.29, 1.82) is 0 Å². The standard InChI is InChI=1S/C24H38/c1-17-6-4-7-18-10-12-20-16-19-11-13-22(19)23-9-5-15-24(20,23)14-3-2-8-21(17)18/h18-23H,1-16H2. The monoisotopic (exact) mass is 326 g/mol. The number of fused-ring (bicyclic) bond motifs is 3. The highest BCUT2D eigenvalue weighted by Gasteiger charge is 2.57. The van der Waals surface area contributed by atoms with Crippen LogP contribution in [0.5, 0.6) is 0 Å². The van der Waals surface area contributed by atoms with Crippen molar-refractivity contribution in [2.24, 2.45) is 40.9 Å². The van der Waals surface area contributed by atoms with Gasteiger partial charge in [0, 0.05) is 0 Å². The Kier molecular flexibility index (Phi) is 4.10. The first-order valence-electron chi connectivity index (χ1n) is 11.5. The molecule has 0 radical (unpaired) electrons. The Labute approximate surface area is 149 Å². The predicted octanol–water partition coefficient (Wildman–Crippen LogP) is 7.15. The number of hydrogen-bond donors (Lipinski definition) is 0. The molecule has 24 heavy (non-hydrogen) atoms. The van der Waals surface area contributed by atoms with Crippen molar-refractivity contribution in [3.63, 3.8) is 0 Å². The van der Waals surface area contributed by atoms with Gasteiger partial charge in [-0.2, -0.15) is 0 Å². The van der Waals surface area contributed by atoms with Gasteiger partial charge in [0.05, 0.1) is 0 Å². The van der Waals surface area contributed by atoms with E-state index >= 15 is 0 Å². The summed E-state index contributed by atoms with van der Waals surface area (Å²) in [6.45, 7) is 4.49. The summed E-state index contributed by atoms with van der Waals surface area (Å²) >= 11 is 0. The van der Waals surface area contributed by atoms with Gasteiger partial charge in [-0.1, -0.05) is 31.4 Å². The molecule has 5 saturated carbocycles. The van der Waals surface area contributed by atoms with Crippen molar-refractivity contribution < 1.29 is 0 Å². The first-order chi connectivity index (χ1) is 11.8. The molecule has 0 heteroatoms. The molecule has 0 bridgehead atoms. The molecule has 0 aromatic carbocycles. The molecule has 0 amide bonds. The zero-order chi connectivity index (χ0) is 16.1. The molecule has 7 atom stereocenters. The molecule has 0 aromatic heterocycles. The lowest BCUT2D eigenvalue weighted by Gasteiger charge is -2.58. The van der Waals surface area contributed by atoms with Gasteiger partial charge in [0.1, 0.15) is 0 Å². The average molecular weight is 327 g/mol. The fraction of sp³-hybridized carbons (Fsp3) is 0.917. The molecular formula is C24H38. The van der Waals surface area contributed by atoms with Crippen LogP contribution in [0.15, 0.2) is 12.2 Å². The molecule has 134 valence electrons. The van der Waals surface area contributed by atoms with E-state index in [-0.39, 0.29) is 0 Å². The Morgan fingerprint density at radius 1 is 0.750 bits per heavy atom. The van der Waals surface area contributed by atoms with Crippen molar-refractivity contribution in [2.75, 3.05) is 0 Å². The van der Waals surface area contributed by atoms with Gasteiger partial charge in [-0.15, -0.1) is 0 Å². The minimum atomic E-state index is 0.806. The lowest BCUT2D eigenvalue weighted by Crippen LogP contribution is -2.50. The fourth-order valence-electron chi connectivity index (χ4n) is 8.54. The molecule has 7 unspecified atom stereocenters. The van der Waals surface area contributed by atoms with Crippen LogP contribution in [0.4, 0.5) is 0 Å². The predicted molar refractivity (Wildman–Crippen MR) is 102 cm³/mol. The third kappa shape index (κ3) is 2.38. The van der Waals surface area contributed by atoms with Crippen molar-refractivity contribution in [1.82, 2.24) is 0 Å². The summed E-state index contributed by atoms with van der Waals surface area (Å²) in [6.07, 6.45) is 23.0. The first kappa shape index (κ1) is 16.0. The Morgan fingerprint density at radius 2 is 1.62 bits per heavy atom. The van der Waals surface area contributed by atoms with E-state index < -0.39 is 0 Å². The quantitative estimate of drug-likeness (QED) is 0.415. The topological polar surface area (TPSA) is 0 Å². The second kappa shape index (κ2) is 6.17. The van der Waals surface area contributed by atoms with Crippen LogP contribution in [0.2, 0.25) is 0 Å². The first-order valence-corrected chi connectivity index (χ1v) is 11.5. The smallest absolute Gasteiger partial charge is 0.0178 e. The van der Waals surface area contributed by atoms with Crippen LogP contribution in [-0.4, -0.2) is 0 Å². The van der Waals surface area contributed by atoms with Gasteiger partial charge >= 0.3 is 0 Å². The van der Waals surface area contributed by atoms with E-state index in [2.05, 4.69) is 6.58 Å². The number of hydrogen-bond acceptors (Lipinski definition) is 0. The van der Waals surface area contributed by atoms with Crippen molar-refractivity contribution in [2.45, 2.75) is 96.3 Å². The van der Waals surface area contributed by atoms with Crippen LogP contribution in [0.1, 0.15) is 96.3 Å². The van der Waals surface area contributed by atoms with Crippen LogP contribution in [0.3, 0.4) is 0 Å². The summed E-state index contributed by atoms with van der Waals surface area (Å²) in [5.41, 5.74) is 2.43. The van der Waals surface area contributed by atoms with E-state index in [1.54, 1.807) is 63.4 Å². The molecule has 1 spiro atoms. The maximum atomic E-state index is 4.49. The molecular weight excluding hydrogens is 288 g/mol. The van der Waals surface area contributed by atoms with Crippen molar-refractivity contribution in [3.05, 3.63) is 12.2 Å². The van der Waals surface area contributed by atoms with Gasteiger partial charge in [-0.05, 0) is 118 Å². The maximum Gasteiger partial charge on any atom is -0.0178 e. The van der Waals surface area contributed by atoms with Crippen LogP contribution < -0.4 is 0 Å². The number of allylic oxidation sites excluding steroid dienone is 1. The van der Waals surface area contributed by atoms with E-state index in [4.69, 9.17) is 0 Å². The Bertz CT molecular complexity index is 490. The zero-order valence-electron chi connectivity index (χ0n) is 15.8. The third-order valence-electron chi connectivity index (χ3n) is 9.75. The fourth-order valence-corrected chi connectivity index (χ4v) is 8.54. The average Bonchev–Trinajstić information content (AvgIpc) is 2.96. The molecule has 0 nitrogen and oxygen atoms in total. The largest absolute Gasteiger partial charge is 0.0996 e. The van der Waals surface area contributed by atoms with Crippen molar-refractivity contribution in [3.8, 4) is 0 Å². The van der Waals surface area contributed by atoms with Crippen LogP contribution in [0, 0.1) is 40.9 Å². The minimum absolute atomic E-state index is 0.806. The van der Waals surface area contributed by atoms with Crippen LogP contribution >= 0.6 is 0 Å². The van der Waals surface area contributed by atoms with Crippen LogP contribution in [0.25, 0.3) is 0 Å². The van der Waals surface area contributed by atoms with E-state index in [1.165, 1.54) is 38.5 Å². The third-order valence-corrected chi connectivity index (χ3v) is 9.75. The second-order valence-corrected chi connectivity index (χ2v) is 10.4. The number of rotatable bonds is 0. The molecule has 0 saturated heterocycles. The van der Waals surface area contributed by atoms with Crippen LogP contribution in [-0.2, 0) is 0 Å². The molecule has 5 aliphatic rings. The lowest BCUT2D eigenvalue weighted by atomic mass is 9.47. The van der Waals surface area contributed by atoms with E-state index in [0.717, 1.165) is 40.9 Å². The summed E-state index contributed by atoms with van der Waals surface area (Å²) in [5, 5.41) is 0. The normalized spacial score (nSPS) is 51.6.